The van der Waals surface area contributed by atoms with Crippen molar-refractivity contribution in [3.8, 4) is 0 Å². The highest BCUT2D eigenvalue weighted by Crippen LogP contribution is 2.32. The lowest BCUT2D eigenvalue weighted by Gasteiger charge is -2.39. The Bertz CT molecular complexity index is 917. The number of methoxy groups -OCH3 is 1. The zero-order valence-corrected chi connectivity index (χ0v) is 18.6. The SMILES string of the molecule is COC(=O)c1ccc(CN2CCC(N(CC3CC3)C(=O)Cc3ccc(F)cc3)CC2)cc1. The third-order valence-corrected chi connectivity index (χ3v) is 6.52. The number of piperidine rings is 1. The van der Waals surface area contributed by atoms with E-state index in [0.717, 1.165) is 44.6 Å². The fraction of sp³-hybridized carbons (Fsp3) is 0.462. The molecule has 170 valence electrons. The van der Waals surface area contributed by atoms with E-state index in [9.17, 15) is 14.0 Å². The molecule has 1 heterocycles. The predicted octanol–water partition coefficient (Wildman–Crippen LogP) is 4.06. The van der Waals surface area contributed by atoms with Crippen LogP contribution in [0.3, 0.4) is 0 Å². The van der Waals surface area contributed by atoms with Crippen LogP contribution in [0, 0.1) is 11.7 Å². The Morgan fingerprint density at radius 3 is 2.19 bits per heavy atom. The van der Waals surface area contributed by atoms with Crippen molar-refractivity contribution < 1.29 is 18.7 Å². The van der Waals surface area contributed by atoms with Crippen molar-refractivity contribution in [2.75, 3.05) is 26.7 Å². The first-order valence-electron chi connectivity index (χ1n) is 11.5. The molecule has 5 nitrogen and oxygen atoms in total. The fourth-order valence-electron chi connectivity index (χ4n) is 4.42. The van der Waals surface area contributed by atoms with E-state index in [1.165, 1.54) is 37.6 Å². The van der Waals surface area contributed by atoms with Crippen molar-refractivity contribution in [1.29, 1.82) is 0 Å². The highest BCUT2D eigenvalue weighted by atomic mass is 19.1. The van der Waals surface area contributed by atoms with Gasteiger partial charge in [0.15, 0.2) is 0 Å². The monoisotopic (exact) mass is 438 g/mol. The molecule has 0 bridgehead atoms. The summed E-state index contributed by atoms with van der Waals surface area (Å²) in [4.78, 5) is 29.2. The lowest BCUT2D eigenvalue weighted by Crippen LogP contribution is -2.48. The molecule has 1 saturated heterocycles. The molecule has 0 aromatic heterocycles. The first kappa shape index (κ1) is 22.5. The highest BCUT2D eigenvalue weighted by molar-refractivity contribution is 5.89. The molecule has 1 aliphatic heterocycles. The summed E-state index contributed by atoms with van der Waals surface area (Å²) in [6, 6.07) is 14.1. The quantitative estimate of drug-likeness (QED) is 0.584. The van der Waals surface area contributed by atoms with Gasteiger partial charge in [-0.25, -0.2) is 9.18 Å². The number of likely N-dealkylation sites (tertiary alicyclic amines) is 1. The maximum atomic E-state index is 13.2. The largest absolute Gasteiger partial charge is 0.465 e. The summed E-state index contributed by atoms with van der Waals surface area (Å²) in [5.74, 6) is 0.195. The van der Waals surface area contributed by atoms with Crippen LogP contribution < -0.4 is 0 Å². The molecule has 4 rings (SSSR count). The number of hydrogen-bond donors (Lipinski definition) is 0. The van der Waals surface area contributed by atoms with E-state index in [4.69, 9.17) is 4.74 Å². The van der Waals surface area contributed by atoms with E-state index in [1.54, 1.807) is 24.3 Å². The maximum absolute atomic E-state index is 13.2. The first-order valence-corrected chi connectivity index (χ1v) is 11.5. The van der Waals surface area contributed by atoms with Gasteiger partial charge in [0.05, 0.1) is 19.1 Å². The summed E-state index contributed by atoms with van der Waals surface area (Å²) in [6.45, 7) is 3.56. The lowest BCUT2D eigenvalue weighted by molar-refractivity contribution is -0.134. The second-order valence-corrected chi connectivity index (χ2v) is 8.99. The first-order chi connectivity index (χ1) is 15.5. The number of carbonyl (C=O) groups is 2. The molecule has 0 N–H and O–H groups in total. The standard InChI is InChI=1S/C26H31FN2O3/c1-32-26(31)22-8-4-20(5-9-22)17-28-14-12-24(13-15-28)29(18-21-2-3-21)25(30)16-19-6-10-23(27)11-7-19/h4-11,21,24H,2-3,12-18H2,1H3. The van der Waals surface area contributed by atoms with Gasteiger partial charge in [-0.05, 0) is 67.0 Å². The molecule has 1 aliphatic carbocycles. The van der Waals surface area contributed by atoms with Gasteiger partial charge in [0, 0.05) is 32.2 Å². The molecule has 2 aromatic rings. The number of nitrogens with zero attached hydrogens (tertiary/aromatic N) is 2. The zero-order valence-electron chi connectivity index (χ0n) is 18.6. The molecule has 32 heavy (non-hydrogen) atoms. The Morgan fingerprint density at radius 2 is 1.59 bits per heavy atom. The molecular formula is C26H31FN2O3. The minimum atomic E-state index is -0.321. The Hall–Kier alpha value is -2.73. The van der Waals surface area contributed by atoms with Gasteiger partial charge in [0.25, 0.3) is 0 Å². The van der Waals surface area contributed by atoms with Gasteiger partial charge in [0.2, 0.25) is 5.91 Å². The third kappa shape index (κ3) is 5.94. The fourth-order valence-corrected chi connectivity index (χ4v) is 4.42. The van der Waals surface area contributed by atoms with Gasteiger partial charge in [-0.3, -0.25) is 9.69 Å². The van der Waals surface area contributed by atoms with E-state index < -0.39 is 0 Å². The van der Waals surface area contributed by atoms with Crippen LogP contribution in [-0.4, -0.2) is 54.5 Å². The molecule has 6 heteroatoms. The minimum absolute atomic E-state index is 0.153. The Morgan fingerprint density at radius 1 is 0.969 bits per heavy atom. The van der Waals surface area contributed by atoms with Crippen molar-refractivity contribution in [3.05, 3.63) is 71.0 Å². The van der Waals surface area contributed by atoms with Crippen LogP contribution in [-0.2, 0) is 22.5 Å². The van der Waals surface area contributed by atoms with Gasteiger partial charge in [-0.15, -0.1) is 0 Å². The summed E-state index contributed by atoms with van der Waals surface area (Å²) in [6.07, 6.45) is 4.67. The van der Waals surface area contributed by atoms with E-state index in [2.05, 4.69) is 9.80 Å². The summed E-state index contributed by atoms with van der Waals surface area (Å²) in [7, 11) is 1.39. The molecule has 0 unspecified atom stereocenters. The molecular weight excluding hydrogens is 407 g/mol. The van der Waals surface area contributed by atoms with E-state index in [1.807, 2.05) is 12.1 Å². The van der Waals surface area contributed by atoms with Crippen molar-refractivity contribution in [3.63, 3.8) is 0 Å². The van der Waals surface area contributed by atoms with Crippen LogP contribution >= 0.6 is 0 Å². The molecule has 1 amide bonds. The second-order valence-electron chi connectivity index (χ2n) is 8.99. The van der Waals surface area contributed by atoms with Gasteiger partial charge in [-0.1, -0.05) is 24.3 Å². The van der Waals surface area contributed by atoms with Crippen molar-refractivity contribution in [2.45, 2.75) is 44.7 Å². The van der Waals surface area contributed by atoms with E-state index in [0.29, 0.717) is 17.9 Å². The summed E-state index contributed by atoms with van der Waals surface area (Å²) < 4.78 is 18.0. The maximum Gasteiger partial charge on any atom is 0.337 e. The number of benzene rings is 2. The number of carbonyl (C=O) groups excluding carboxylic acids is 2. The minimum Gasteiger partial charge on any atom is -0.465 e. The topological polar surface area (TPSA) is 49.9 Å². The number of rotatable bonds is 8. The van der Waals surface area contributed by atoms with Crippen LogP contribution in [0.5, 0.6) is 0 Å². The van der Waals surface area contributed by atoms with Crippen molar-refractivity contribution in [1.82, 2.24) is 9.80 Å². The third-order valence-electron chi connectivity index (χ3n) is 6.52. The molecule has 1 saturated carbocycles. The van der Waals surface area contributed by atoms with E-state index in [-0.39, 0.29) is 23.7 Å². The van der Waals surface area contributed by atoms with Gasteiger partial charge >= 0.3 is 5.97 Å². The van der Waals surface area contributed by atoms with Crippen molar-refractivity contribution in [2.24, 2.45) is 5.92 Å². The normalized spacial score (nSPS) is 17.2. The molecule has 0 radical (unpaired) electrons. The Kier molecular flexibility index (Phi) is 7.20. The molecule has 2 aromatic carbocycles. The second kappa shape index (κ2) is 10.3. The molecule has 0 spiro atoms. The van der Waals surface area contributed by atoms with Gasteiger partial charge in [-0.2, -0.15) is 0 Å². The highest BCUT2D eigenvalue weighted by Gasteiger charge is 2.33. The zero-order chi connectivity index (χ0) is 22.5. The Labute approximate surface area is 189 Å². The van der Waals surface area contributed by atoms with Crippen LogP contribution in [0.15, 0.2) is 48.5 Å². The van der Waals surface area contributed by atoms with Gasteiger partial charge < -0.3 is 9.64 Å². The van der Waals surface area contributed by atoms with Crippen molar-refractivity contribution >= 4 is 11.9 Å². The summed E-state index contributed by atoms with van der Waals surface area (Å²) >= 11 is 0. The van der Waals surface area contributed by atoms with Crippen LogP contribution in [0.2, 0.25) is 0 Å². The number of hydrogen-bond acceptors (Lipinski definition) is 4. The molecule has 2 fully saturated rings. The Balaban J connectivity index is 1.32. The number of esters is 1. The van der Waals surface area contributed by atoms with Gasteiger partial charge in [0.1, 0.15) is 5.82 Å². The summed E-state index contributed by atoms with van der Waals surface area (Å²) in [5, 5.41) is 0. The van der Waals surface area contributed by atoms with Crippen LogP contribution in [0.4, 0.5) is 4.39 Å². The average Bonchev–Trinajstić information content (AvgIpc) is 3.64. The van der Waals surface area contributed by atoms with Crippen LogP contribution in [0.1, 0.15) is 47.2 Å². The van der Waals surface area contributed by atoms with Crippen LogP contribution in [0.25, 0.3) is 0 Å². The number of amides is 1. The summed E-state index contributed by atoms with van der Waals surface area (Å²) in [5.41, 5.74) is 2.59. The smallest absolute Gasteiger partial charge is 0.337 e. The van der Waals surface area contributed by atoms with E-state index >= 15 is 0 Å². The predicted molar refractivity (Wildman–Crippen MR) is 121 cm³/mol. The number of halogens is 1. The average molecular weight is 439 g/mol. The lowest BCUT2D eigenvalue weighted by atomic mass is 10.0. The molecule has 0 atom stereocenters. The number of ether oxygens (including phenoxy) is 1. The molecule has 2 aliphatic rings.